The molecule has 1 heterocycles. The lowest BCUT2D eigenvalue weighted by molar-refractivity contribution is 0.0976. The highest BCUT2D eigenvalue weighted by molar-refractivity contribution is 6.10. The van der Waals surface area contributed by atoms with E-state index in [1.165, 1.54) is 14.2 Å². The number of carbonyl (C=O) groups is 1. The highest BCUT2D eigenvalue weighted by Crippen LogP contribution is 2.29. The van der Waals surface area contributed by atoms with Gasteiger partial charge in [0.2, 0.25) is 5.96 Å². The van der Waals surface area contributed by atoms with Crippen LogP contribution in [0.4, 0.5) is 5.69 Å². The number of pyridine rings is 1. The minimum atomic E-state index is -0.381. The molecule has 33 heavy (non-hydrogen) atoms. The monoisotopic (exact) mass is 450 g/mol. The molecular formula is C24H26N4O5. The Morgan fingerprint density at radius 1 is 0.848 bits per heavy atom. The van der Waals surface area contributed by atoms with Gasteiger partial charge in [0, 0.05) is 35.8 Å². The molecule has 2 N–H and O–H groups in total. The molecule has 0 fully saturated rings. The van der Waals surface area contributed by atoms with E-state index >= 15 is 0 Å². The van der Waals surface area contributed by atoms with Crippen molar-refractivity contribution in [1.29, 1.82) is 0 Å². The molecular weight excluding hydrogens is 424 g/mol. The van der Waals surface area contributed by atoms with Gasteiger partial charge in [-0.25, -0.2) is 4.99 Å². The number of nitrogens with zero attached hydrogens (tertiary/aromatic N) is 2. The summed E-state index contributed by atoms with van der Waals surface area (Å²) in [7, 11) is 6.17. The lowest BCUT2D eigenvalue weighted by Gasteiger charge is -2.15. The van der Waals surface area contributed by atoms with Gasteiger partial charge in [-0.3, -0.25) is 15.1 Å². The number of nitrogens with one attached hydrogen (secondary N) is 2. The first kappa shape index (κ1) is 23.4. The number of guanidine groups is 1. The minimum absolute atomic E-state index is 0.255. The maximum absolute atomic E-state index is 13.0. The molecule has 0 atom stereocenters. The van der Waals surface area contributed by atoms with Crippen LogP contribution >= 0.6 is 0 Å². The minimum Gasteiger partial charge on any atom is -0.497 e. The maximum atomic E-state index is 13.0. The Morgan fingerprint density at radius 2 is 1.52 bits per heavy atom. The van der Waals surface area contributed by atoms with Crippen LogP contribution in [-0.4, -0.2) is 45.3 Å². The predicted molar refractivity (Wildman–Crippen MR) is 126 cm³/mol. The molecule has 0 bridgehead atoms. The molecule has 9 nitrogen and oxygen atoms in total. The van der Waals surface area contributed by atoms with E-state index in [-0.39, 0.29) is 11.9 Å². The third-order valence-corrected chi connectivity index (χ3v) is 4.66. The number of hydrogen-bond acceptors (Lipinski definition) is 7. The topological polar surface area (TPSA) is 103 Å². The molecule has 1 aromatic heterocycles. The first-order chi connectivity index (χ1) is 16.1. The molecule has 9 heteroatoms. The molecule has 0 saturated heterocycles. The number of benzene rings is 2. The summed E-state index contributed by atoms with van der Waals surface area (Å²) in [5.74, 6) is 2.01. The average Bonchev–Trinajstić information content (AvgIpc) is 2.87. The number of hydrogen-bond donors (Lipinski definition) is 2. The van der Waals surface area contributed by atoms with Crippen molar-refractivity contribution < 1.29 is 23.7 Å². The summed E-state index contributed by atoms with van der Waals surface area (Å²) in [5.41, 5.74) is 1.95. The highest BCUT2D eigenvalue weighted by Gasteiger charge is 2.14. The molecule has 2 aromatic carbocycles. The number of aliphatic imine (C=N–C) groups is 1. The Morgan fingerprint density at radius 3 is 2.12 bits per heavy atom. The number of aromatic nitrogens is 1. The number of rotatable bonds is 8. The fraction of sp³-hybridized carbons (Fsp3) is 0.208. The van der Waals surface area contributed by atoms with E-state index < -0.39 is 0 Å². The van der Waals surface area contributed by atoms with Crippen molar-refractivity contribution in [2.24, 2.45) is 4.99 Å². The van der Waals surface area contributed by atoms with E-state index in [0.717, 1.165) is 5.56 Å². The number of ether oxygens (including phenoxy) is 4. The normalized spacial score (nSPS) is 10.8. The second kappa shape index (κ2) is 11.4. The van der Waals surface area contributed by atoms with Gasteiger partial charge in [0.1, 0.15) is 11.5 Å². The molecule has 172 valence electrons. The van der Waals surface area contributed by atoms with Gasteiger partial charge in [-0.1, -0.05) is 0 Å². The van der Waals surface area contributed by atoms with E-state index in [0.29, 0.717) is 40.8 Å². The third-order valence-electron chi connectivity index (χ3n) is 4.66. The SMILES string of the molecule is COc1cc(OC)cc(C(=O)NC(=NCc2ccncc2)Nc2ccc(OC)c(OC)c2)c1. The van der Waals surface area contributed by atoms with Gasteiger partial charge < -0.3 is 24.3 Å². The summed E-state index contributed by atoms with van der Waals surface area (Å²) in [6.45, 7) is 0.333. The van der Waals surface area contributed by atoms with E-state index in [2.05, 4.69) is 20.6 Å². The molecule has 3 aromatic rings. The van der Waals surface area contributed by atoms with Gasteiger partial charge >= 0.3 is 0 Å². The average molecular weight is 450 g/mol. The van der Waals surface area contributed by atoms with Crippen molar-refractivity contribution in [2.45, 2.75) is 6.54 Å². The molecule has 1 amide bonds. The van der Waals surface area contributed by atoms with Crippen LogP contribution in [0, 0.1) is 0 Å². The van der Waals surface area contributed by atoms with Crippen molar-refractivity contribution in [3.05, 3.63) is 72.1 Å². The van der Waals surface area contributed by atoms with Crippen molar-refractivity contribution in [3.8, 4) is 23.0 Å². The zero-order valence-corrected chi connectivity index (χ0v) is 18.9. The molecule has 0 aliphatic carbocycles. The molecule has 0 radical (unpaired) electrons. The van der Waals surface area contributed by atoms with Gasteiger partial charge in [0.15, 0.2) is 11.5 Å². The third kappa shape index (κ3) is 6.36. The lowest BCUT2D eigenvalue weighted by atomic mass is 10.2. The largest absolute Gasteiger partial charge is 0.497 e. The second-order valence-electron chi connectivity index (χ2n) is 6.77. The Labute approximate surface area is 192 Å². The number of methoxy groups -OCH3 is 4. The molecule has 0 saturated carbocycles. The summed E-state index contributed by atoms with van der Waals surface area (Å²) in [6, 6.07) is 13.9. The number of amides is 1. The van der Waals surface area contributed by atoms with E-state index in [9.17, 15) is 4.79 Å². The fourth-order valence-corrected chi connectivity index (χ4v) is 2.94. The maximum Gasteiger partial charge on any atom is 0.258 e. The Balaban J connectivity index is 1.88. The van der Waals surface area contributed by atoms with Crippen LogP contribution in [0.5, 0.6) is 23.0 Å². The van der Waals surface area contributed by atoms with Crippen molar-refractivity contribution in [1.82, 2.24) is 10.3 Å². The summed E-state index contributed by atoms with van der Waals surface area (Å²) < 4.78 is 21.2. The smallest absolute Gasteiger partial charge is 0.258 e. The summed E-state index contributed by atoms with van der Waals surface area (Å²) >= 11 is 0. The molecule has 0 aliphatic rings. The number of anilines is 1. The van der Waals surface area contributed by atoms with Gasteiger partial charge in [-0.05, 0) is 42.0 Å². The van der Waals surface area contributed by atoms with Crippen LogP contribution in [0.25, 0.3) is 0 Å². The first-order valence-electron chi connectivity index (χ1n) is 10.0. The predicted octanol–water partition coefficient (Wildman–Crippen LogP) is 3.51. The second-order valence-corrected chi connectivity index (χ2v) is 6.77. The van der Waals surface area contributed by atoms with Crippen LogP contribution in [0.3, 0.4) is 0 Å². The fourth-order valence-electron chi connectivity index (χ4n) is 2.94. The zero-order chi connectivity index (χ0) is 23.6. The Kier molecular flexibility index (Phi) is 8.07. The molecule has 3 rings (SSSR count). The standard InChI is InChI=1S/C24H26N4O5/c1-30-19-11-17(12-20(14-19)31-2)23(29)28-24(26-15-16-7-9-25-10-8-16)27-18-5-6-21(32-3)22(13-18)33-4/h5-14H,15H2,1-4H3,(H2,26,27,28,29). The van der Waals surface area contributed by atoms with E-state index in [4.69, 9.17) is 18.9 Å². The van der Waals surface area contributed by atoms with Crippen LogP contribution < -0.4 is 29.6 Å². The van der Waals surface area contributed by atoms with Gasteiger partial charge in [-0.2, -0.15) is 0 Å². The van der Waals surface area contributed by atoms with Gasteiger partial charge in [0.25, 0.3) is 5.91 Å². The summed E-state index contributed by atoms with van der Waals surface area (Å²) in [5, 5.41) is 5.96. The quantitative estimate of drug-likeness (QED) is 0.400. The van der Waals surface area contributed by atoms with Crippen molar-refractivity contribution >= 4 is 17.6 Å². The summed E-state index contributed by atoms with van der Waals surface area (Å²) in [6.07, 6.45) is 3.38. The Bertz CT molecular complexity index is 1100. The van der Waals surface area contributed by atoms with Crippen LogP contribution in [0.15, 0.2) is 65.9 Å². The van der Waals surface area contributed by atoms with Crippen LogP contribution in [-0.2, 0) is 6.54 Å². The van der Waals surface area contributed by atoms with Gasteiger partial charge in [-0.15, -0.1) is 0 Å². The van der Waals surface area contributed by atoms with Gasteiger partial charge in [0.05, 0.1) is 35.0 Å². The first-order valence-corrected chi connectivity index (χ1v) is 10.0. The van der Waals surface area contributed by atoms with E-state index in [1.54, 1.807) is 63.0 Å². The van der Waals surface area contributed by atoms with Crippen LogP contribution in [0.2, 0.25) is 0 Å². The lowest BCUT2D eigenvalue weighted by Crippen LogP contribution is -2.36. The highest BCUT2D eigenvalue weighted by atomic mass is 16.5. The molecule has 0 spiro atoms. The van der Waals surface area contributed by atoms with Crippen LogP contribution in [0.1, 0.15) is 15.9 Å². The summed E-state index contributed by atoms with van der Waals surface area (Å²) in [4.78, 5) is 21.6. The van der Waals surface area contributed by atoms with Crippen molar-refractivity contribution in [3.63, 3.8) is 0 Å². The molecule has 0 unspecified atom stereocenters. The zero-order valence-electron chi connectivity index (χ0n) is 18.9. The van der Waals surface area contributed by atoms with Crippen molar-refractivity contribution in [2.75, 3.05) is 33.8 Å². The van der Waals surface area contributed by atoms with E-state index in [1.807, 2.05) is 12.1 Å². The molecule has 0 aliphatic heterocycles. The number of carbonyl (C=O) groups excluding carboxylic acids is 1. The Hall–Kier alpha value is -4.27.